The summed E-state index contributed by atoms with van der Waals surface area (Å²) in [6.07, 6.45) is 7.66. The molecule has 2 aromatic rings. The zero-order valence-corrected chi connectivity index (χ0v) is 12.0. The van der Waals surface area contributed by atoms with Gasteiger partial charge in [-0.1, -0.05) is 47.9 Å². The molecule has 3 rings (SSSR count). The van der Waals surface area contributed by atoms with Crippen molar-refractivity contribution in [2.24, 2.45) is 0 Å². The molecule has 0 bridgehead atoms. The number of hydrogen-bond donors (Lipinski definition) is 1. The first-order chi connectivity index (χ1) is 10.2. The third-order valence-electron chi connectivity index (χ3n) is 3.59. The molecule has 0 aliphatic heterocycles. The molecule has 0 amide bonds. The number of nitrogens with one attached hydrogen (secondary N) is 1. The van der Waals surface area contributed by atoms with Crippen LogP contribution in [0.25, 0.3) is 0 Å². The zero-order valence-electron chi connectivity index (χ0n) is 11.3. The maximum Gasteiger partial charge on any atom is 0.292 e. The molecular formula is C16H14ClN3O. The van der Waals surface area contributed by atoms with Crippen molar-refractivity contribution in [2.45, 2.75) is 24.9 Å². The molecule has 0 radical (unpaired) electrons. The minimum absolute atomic E-state index is 0.136. The molecular weight excluding hydrogens is 286 g/mol. The molecule has 106 valence electrons. The van der Waals surface area contributed by atoms with Crippen LogP contribution in [0.2, 0.25) is 5.02 Å². The summed E-state index contributed by atoms with van der Waals surface area (Å²) in [6, 6.07) is 10.4. The summed E-state index contributed by atoms with van der Waals surface area (Å²) in [5.41, 5.74) is 1.37. The van der Waals surface area contributed by atoms with Crippen molar-refractivity contribution in [1.82, 2.24) is 9.78 Å². The van der Waals surface area contributed by atoms with Crippen LogP contribution in [-0.2, 0) is 6.54 Å². The van der Waals surface area contributed by atoms with Gasteiger partial charge >= 0.3 is 0 Å². The number of anilines is 1. The lowest BCUT2D eigenvalue weighted by Gasteiger charge is -2.09. The highest BCUT2D eigenvalue weighted by atomic mass is 35.5. The average Bonchev–Trinajstić information content (AvgIpc) is 3.27. The summed E-state index contributed by atoms with van der Waals surface area (Å²) < 4.78 is 1.23. The second kappa shape index (κ2) is 5.63. The van der Waals surface area contributed by atoms with E-state index in [0.29, 0.717) is 16.6 Å². The Kier molecular flexibility index (Phi) is 3.68. The fourth-order valence-corrected chi connectivity index (χ4v) is 2.59. The standard InChI is InChI=1S/C16H14ClN3O/c1-2-8-20-16(21)15(13(17)10-18-20)19-14-9-12(14)11-6-4-3-5-7-11/h1,3-7,10,12,14,19H,8-9H2. The van der Waals surface area contributed by atoms with Gasteiger partial charge in [-0.15, -0.1) is 6.42 Å². The number of terminal acetylenes is 1. The molecule has 1 N–H and O–H groups in total. The van der Waals surface area contributed by atoms with Crippen molar-refractivity contribution in [3.05, 3.63) is 57.5 Å². The molecule has 1 aromatic heterocycles. The van der Waals surface area contributed by atoms with Gasteiger partial charge in [-0.3, -0.25) is 4.79 Å². The Labute approximate surface area is 127 Å². The first-order valence-corrected chi connectivity index (χ1v) is 7.09. The third kappa shape index (κ3) is 2.79. The minimum atomic E-state index is -0.279. The average molecular weight is 300 g/mol. The smallest absolute Gasteiger partial charge is 0.292 e. The van der Waals surface area contributed by atoms with Gasteiger partial charge in [-0.2, -0.15) is 5.10 Å². The molecule has 1 aromatic carbocycles. The normalized spacial score (nSPS) is 19.8. The number of halogens is 1. The summed E-state index contributed by atoms with van der Waals surface area (Å²) in [7, 11) is 0. The van der Waals surface area contributed by atoms with Crippen molar-refractivity contribution in [1.29, 1.82) is 0 Å². The van der Waals surface area contributed by atoms with E-state index in [1.807, 2.05) is 18.2 Å². The van der Waals surface area contributed by atoms with Gasteiger partial charge in [0.2, 0.25) is 0 Å². The van der Waals surface area contributed by atoms with Crippen LogP contribution in [0.5, 0.6) is 0 Å². The van der Waals surface area contributed by atoms with Crippen molar-refractivity contribution in [3.63, 3.8) is 0 Å². The Morgan fingerprint density at radius 3 is 2.90 bits per heavy atom. The summed E-state index contributed by atoms with van der Waals surface area (Å²) in [6.45, 7) is 0.136. The number of benzene rings is 1. The van der Waals surface area contributed by atoms with Crippen molar-refractivity contribution in [2.75, 3.05) is 5.32 Å². The van der Waals surface area contributed by atoms with Gasteiger partial charge in [0, 0.05) is 12.0 Å². The molecule has 2 atom stereocenters. The maximum absolute atomic E-state index is 12.2. The lowest BCUT2D eigenvalue weighted by molar-refractivity contribution is 0.664. The van der Waals surface area contributed by atoms with Gasteiger partial charge < -0.3 is 5.32 Å². The summed E-state index contributed by atoms with van der Waals surface area (Å²) in [5, 5.41) is 7.47. The highest BCUT2D eigenvalue weighted by Crippen LogP contribution is 2.42. The molecule has 4 nitrogen and oxygen atoms in total. The lowest BCUT2D eigenvalue weighted by atomic mass is 10.1. The van der Waals surface area contributed by atoms with Crippen LogP contribution in [0.3, 0.4) is 0 Å². The molecule has 0 spiro atoms. The number of rotatable bonds is 4. The van der Waals surface area contributed by atoms with Crippen LogP contribution in [0.4, 0.5) is 5.69 Å². The van der Waals surface area contributed by atoms with Gasteiger partial charge in [0.15, 0.2) is 0 Å². The Morgan fingerprint density at radius 1 is 1.43 bits per heavy atom. The lowest BCUT2D eigenvalue weighted by Crippen LogP contribution is -2.26. The van der Waals surface area contributed by atoms with Crippen LogP contribution in [-0.4, -0.2) is 15.8 Å². The van der Waals surface area contributed by atoms with Crippen molar-refractivity contribution in [3.8, 4) is 12.3 Å². The molecule has 2 unspecified atom stereocenters. The Hall–Kier alpha value is -2.25. The van der Waals surface area contributed by atoms with E-state index in [1.165, 1.54) is 16.4 Å². The van der Waals surface area contributed by atoms with E-state index in [4.69, 9.17) is 18.0 Å². The quantitative estimate of drug-likeness (QED) is 0.882. The molecule has 1 aliphatic carbocycles. The molecule has 1 heterocycles. The van der Waals surface area contributed by atoms with E-state index < -0.39 is 0 Å². The predicted molar refractivity (Wildman–Crippen MR) is 83.6 cm³/mol. The Bertz CT molecular complexity index is 748. The second-order valence-corrected chi connectivity index (χ2v) is 5.45. The summed E-state index contributed by atoms with van der Waals surface area (Å²) in [4.78, 5) is 12.2. The predicted octanol–water partition coefficient (Wildman–Crippen LogP) is 2.50. The Balaban J connectivity index is 1.80. The first-order valence-electron chi connectivity index (χ1n) is 6.71. The van der Waals surface area contributed by atoms with Crippen molar-refractivity contribution < 1.29 is 0 Å². The monoisotopic (exact) mass is 299 g/mol. The topological polar surface area (TPSA) is 46.9 Å². The molecule has 1 aliphatic rings. The highest BCUT2D eigenvalue weighted by molar-refractivity contribution is 6.33. The Morgan fingerprint density at radius 2 is 2.19 bits per heavy atom. The molecule has 21 heavy (non-hydrogen) atoms. The summed E-state index contributed by atoms with van der Waals surface area (Å²) >= 11 is 6.08. The van der Waals surface area contributed by atoms with Gasteiger partial charge in [-0.05, 0) is 12.0 Å². The number of hydrogen-bond acceptors (Lipinski definition) is 3. The van der Waals surface area contributed by atoms with E-state index >= 15 is 0 Å². The van der Waals surface area contributed by atoms with Gasteiger partial charge in [0.25, 0.3) is 5.56 Å². The molecule has 1 fully saturated rings. The zero-order chi connectivity index (χ0) is 14.8. The molecule has 1 saturated carbocycles. The number of aromatic nitrogens is 2. The van der Waals surface area contributed by atoms with Gasteiger partial charge in [0.1, 0.15) is 12.2 Å². The maximum atomic E-state index is 12.2. The van der Waals surface area contributed by atoms with Gasteiger partial charge in [-0.25, -0.2) is 4.68 Å². The highest BCUT2D eigenvalue weighted by Gasteiger charge is 2.39. The minimum Gasteiger partial charge on any atom is -0.376 e. The SMILES string of the molecule is C#CCn1ncc(Cl)c(NC2CC2c2ccccc2)c1=O. The van der Waals surface area contributed by atoms with Crippen LogP contribution >= 0.6 is 11.6 Å². The largest absolute Gasteiger partial charge is 0.376 e. The van der Waals surface area contributed by atoms with Crippen molar-refractivity contribution >= 4 is 17.3 Å². The first kappa shape index (κ1) is 13.7. The fraction of sp³-hybridized carbons (Fsp3) is 0.250. The summed E-state index contributed by atoms with van der Waals surface area (Å²) in [5.74, 6) is 2.82. The third-order valence-corrected chi connectivity index (χ3v) is 3.87. The van der Waals surface area contributed by atoms with E-state index in [2.05, 4.69) is 28.5 Å². The van der Waals surface area contributed by atoms with E-state index in [0.717, 1.165) is 6.42 Å². The van der Waals surface area contributed by atoms with Crippen LogP contribution in [0.1, 0.15) is 17.9 Å². The number of nitrogens with zero attached hydrogens (tertiary/aromatic N) is 2. The van der Waals surface area contributed by atoms with Crippen LogP contribution < -0.4 is 10.9 Å². The van der Waals surface area contributed by atoms with E-state index in [-0.39, 0.29) is 18.1 Å². The fourth-order valence-electron chi connectivity index (χ4n) is 2.41. The van der Waals surface area contributed by atoms with Crippen LogP contribution in [0, 0.1) is 12.3 Å². The van der Waals surface area contributed by atoms with Gasteiger partial charge in [0.05, 0.1) is 11.2 Å². The second-order valence-electron chi connectivity index (χ2n) is 5.04. The molecule has 5 heteroatoms. The van der Waals surface area contributed by atoms with Crippen LogP contribution in [0.15, 0.2) is 41.3 Å². The van der Waals surface area contributed by atoms with E-state index in [9.17, 15) is 4.79 Å². The molecule has 0 saturated heterocycles. The van der Waals surface area contributed by atoms with E-state index in [1.54, 1.807) is 0 Å².